The maximum Gasteiger partial charge on any atom is 0.236 e. The van der Waals surface area contributed by atoms with Gasteiger partial charge in [-0.05, 0) is 48.9 Å². The van der Waals surface area contributed by atoms with Gasteiger partial charge in [-0.1, -0.05) is 18.2 Å². The van der Waals surface area contributed by atoms with Crippen molar-refractivity contribution in [1.82, 2.24) is 15.6 Å². The van der Waals surface area contributed by atoms with Gasteiger partial charge in [0.05, 0.1) is 11.4 Å². The van der Waals surface area contributed by atoms with Gasteiger partial charge in [0, 0.05) is 18.5 Å². The summed E-state index contributed by atoms with van der Waals surface area (Å²) in [7, 11) is 0. The SMILES string of the molecule is CCNC(=NCc1coc(-c2cccs2)n1)NCC1(c2cccc(F)c2)CC1.I. The van der Waals surface area contributed by atoms with Crippen molar-refractivity contribution in [3.63, 3.8) is 0 Å². The number of halogens is 2. The first-order valence-corrected chi connectivity index (χ1v) is 10.3. The quantitative estimate of drug-likeness (QED) is 0.260. The first-order valence-electron chi connectivity index (χ1n) is 9.45. The molecule has 1 aliphatic rings. The molecule has 29 heavy (non-hydrogen) atoms. The van der Waals surface area contributed by atoms with E-state index in [2.05, 4.69) is 20.6 Å². The van der Waals surface area contributed by atoms with Crippen LogP contribution in [0.5, 0.6) is 0 Å². The van der Waals surface area contributed by atoms with Crippen LogP contribution in [0.25, 0.3) is 10.8 Å². The zero-order chi connectivity index (χ0) is 19.4. The van der Waals surface area contributed by atoms with Crippen LogP contribution in [0.3, 0.4) is 0 Å². The second kappa shape index (κ2) is 9.71. The highest BCUT2D eigenvalue weighted by Gasteiger charge is 2.44. The first kappa shape index (κ1) is 21.8. The van der Waals surface area contributed by atoms with Gasteiger partial charge in [-0.25, -0.2) is 14.4 Å². The van der Waals surface area contributed by atoms with Crippen molar-refractivity contribution < 1.29 is 8.81 Å². The smallest absolute Gasteiger partial charge is 0.236 e. The fourth-order valence-electron chi connectivity index (χ4n) is 3.18. The minimum atomic E-state index is -0.183. The predicted molar refractivity (Wildman–Crippen MR) is 125 cm³/mol. The fraction of sp³-hybridized carbons (Fsp3) is 0.333. The molecule has 5 nitrogen and oxygen atoms in total. The molecule has 154 valence electrons. The Morgan fingerprint density at radius 1 is 1.28 bits per heavy atom. The lowest BCUT2D eigenvalue weighted by Gasteiger charge is -2.19. The Morgan fingerprint density at radius 3 is 2.83 bits per heavy atom. The second-order valence-electron chi connectivity index (χ2n) is 6.96. The van der Waals surface area contributed by atoms with Crippen LogP contribution in [0.2, 0.25) is 0 Å². The van der Waals surface area contributed by atoms with Crippen LogP contribution in [0.1, 0.15) is 31.0 Å². The number of benzene rings is 1. The highest BCUT2D eigenvalue weighted by Crippen LogP contribution is 2.47. The van der Waals surface area contributed by atoms with Crippen molar-refractivity contribution in [3.8, 4) is 10.8 Å². The number of aromatic nitrogens is 1. The number of nitrogens with zero attached hydrogens (tertiary/aromatic N) is 2. The maximum atomic E-state index is 13.6. The van der Waals surface area contributed by atoms with Gasteiger partial charge in [-0.2, -0.15) is 0 Å². The van der Waals surface area contributed by atoms with E-state index in [4.69, 9.17) is 4.42 Å². The van der Waals surface area contributed by atoms with E-state index in [1.54, 1.807) is 29.7 Å². The van der Waals surface area contributed by atoms with Gasteiger partial charge in [0.2, 0.25) is 5.89 Å². The van der Waals surface area contributed by atoms with E-state index in [1.165, 1.54) is 6.07 Å². The molecule has 0 spiro atoms. The van der Waals surface area contributed by atoms with Gasteiger partial charge < -0.3 is 15.1 Å². The van der Waals surface area contributed by atoms with Crippen molar-refractivity contribution in [1.29, 1.82) is 0 Å². The molecule has 1 aliphatic carbocycles. The molecular weight excluding hydrogens is 502 g/mol. The summed E-state index contributed by atoms with van der Waals surface area (Å²) in [6.45, 7) is 3.94. The van der Waals surface area contributed by atoms with Crippen molar-refractivity contribution in [3.05, 3.63) is 65.1 Å². The molecule has 2 heterocycles. The summed E-state index contributed by atoms with van der Waals surface area (Å²) < 4.78 is 19.1. The average Bonchev–Trinajstić information content (AvgIpc) is 3.08. The largest absolute Gasteiger partial charge is 0.443 e. The van der Waals surface area contributed by atoms with Crippen LogP contribution in [-0.4, -0.2) is 24.0 Å². The zero-order valence-electron chi connectivity index (χ0n) is 16.2. The topological polar surface area (TPSA) is 62.5 Å². The Hall–Kier alpha value is -1.94. The van der Waals surface area contributed by atoms with E-state index in [0.29, 0.717) is 12.4 Å². The first-order chi connectivity index (χ1) is 13.7. The number of nitrogens with one attached hydrogen (secondary N) is 2. The van der Waals surface area contributed by atoms with Gasteiger partial charge in [0.1, 0.15) is 17.8 Å². The molecule has 0 unspecified atom stereocenters. The van der Waals surface area contributed by atoms with Crippen LogP contribution >= 0.6 is 35.3 Å². The van der Waals surface area contributed by atoms with Crippen LogP contribution in [0.15, 0.2) is 57.5 Å². The normalized spacial score (nSPS) is 14.9. The van der Waals surface area contributed by atoms with Crippen molar-refractivity contribution in [2.24, 2.45) is 4.99 Å². The molecule has 0 radical (unpaired) electrons. The summed E-state index contributed by atoms with van der Waals surface area (Å²) in [5, 5.41) is 8.66. The molecule has 1 saturated carbocycles. The van der Waals surface area contributed by atoms with Gasteiger partial charge >= 0.3 is 0 Å². The minimum Gasteiger partial charge on any atom is -0.443 e. The fourth-order valence-corrected chi connectivity index (χ4v) is 3.84. The minimum absolute atomic E-state index is 0. The zero-order valence-corrected chi connectivity index (χ0v) is 19.3. The van der Waals surface area contributed by atoms with Crippen LogP contribution < -0.4 is 10.6 Å². The van der Waals surface area contributed by atoms with E-state index >= 15 is 0 Å². The number of oxazole rings is 1. The number of hydrogen-bond donors (Lipinski definition) is 2. The summed E-state index contributed by atoms with van der Waals surface area (Å²) in [5.74, 6) is 1.17. The highest BCUT2D eigenvalue weighted by atomic mass is 127. The Balaban J connectivity index is 0.00000240. The van der Waals surface area contributed by atoms with Crippen LogP contribution in [-0.2, 0) is 12.0 Å². The monoisotopic (exact) mass is 526 g/mol. The van der Waals surface area contributed by atoms with Crippen molar-refractivity contribution in [2.75, 3.05) is 13.1 Å². The lowest BCUT2D eigenvalue weighted by molar-refractivity contribution is 0.574. The number of hydrogen-bond acceptors (Lipinski definition) is 4. The molecule has 1 fully saturated rings. The number of thiophene rings is 1. The molecule has 0 aliphatic heterocycles. The van der Waals surface area contributed by atoms with Gasteiger partial charge in [-0.15, -0.1) is 35.3 Å². The predicted octanol–water partition coefficient (Wildman–Crippen LogP) is 4.95. The van der Waals surface area contributed by atoms with Gasteiger partial charge in [0.25, 0.3) is 0 Å². The third kappa shape index (κ3) is 5.36. The third-order valence-electron chi connectivity index (χ3n) is 4.91. The molecular formula is C21H24FIN4OS. The Labute approximate surface area is 190 Å². The number of guanidine groups is 1. The second-order valence-corrected chi connectivity index (χ2v) is 7.91. The Kier molecular flexibility index (Phi) is 7.28. The Bertz CT molecular complexity index is 953. The maximum absolute atomic E-state index is 13.6. The molecule has 0 amide bonds. The summed E-state index contributed by atoms with van der Waals surface area (Å²) in [6, 6.07) is 10.9. The van der Waals surface area contributed by atoms with Crippen molar-refractivity contribution >= 4 is 41.3 Å². The standard InChI is InChI=1S/C21H23FN4OS.HI/c1-2-23-20(24-12-17-13-27-19(26-17)18-7-4-10-28-18)25-14-21(8-9-21)15-5-3-6-16(22)11-15;/h3-7,10-11,13H,2,8-9,12,14H2,1H3,(H2,23,24,25);1H. The molecule has 0 saturated heterocycles. The number of rotatable bonds is 7. The number of aliphatic imine (C=N–C) groups is 1. The van der Waals surface area contributed by atoms with Gasteiger partial charge in [0.15, 0.2) is 5.96 Å². The van der Waals surface area contributed by atoms with E-state index in [0.717, 1.165) is 48.0 Å². The molecule has 1 aromatic carbocycles. The van der Waals surface area contributed by atoms with Crippen LogP contribution in [0, 0.1) is 5.82 Å². The lowest BCUT2D eigenvalue weighted by Crippen LogP contribution is -2.41. The highest BCUT2D eigenvalue weighted by molar-refractivity contribution is 14.0. The molecule has 4 rings (SSSR count). The van der Waals surface area contributed by atoms with E-state index in [-0.39, 0.29) is 35.2 Å². The summed E-state index contributed by atoms with van der Waals surface area (Å²) in [4.78, 5) is 10.1. The molecule has 0 atom stereocenters. The molecule has 2 aromatic heterocycles. The van der Waals surface area contributed by atoms with Crippen LogP contribution in [0.4, 0.5) is 4.39 Å². The third-order valence-corrected chi connectivity index (χ3v) is 5.77. The molecule has 3 aromatic rings. The molecule has 0 bridgehead atoms. The Morgan fingerprint density at radius 2 is 2.14 bits per heavy atom. The lowest BCUT2D eigenvalue weighted by atomic mass is 9.96. The van der Waals surface area contributed by atoms with E-state index < -0.39 is 0 Å². The van der Waals surface area contributed by atoms with Gasteiger partial charge in [-0.3, -0.25) is 0 Å². The van der Waals surface area contributed by atoms with E-state index in [1.807, 2.05) is 30.5 Å². The summed E-state index contributed by atoms with van der Waals surface area (Å²) in [6.07, 6.45) is 3.75. The van der Waals surface area contributed by atoms with Crippen molar-refractivity contribution in [2.45, 2.75) is 31.7 Å². The average molecular weight is 526 g/mol. The molecule has 8 heteroatoms. The van der Waals surface area contributed by atoms with E-state index in [9.17, 15) is 4.39 Å². The molecule has 2 N–H and O–H groups in total. The summed E-state index contributed by atoms with van der Waals surface area (Å²) >= 11 is 1.60. The summed E-state index contributed by atoms with van der Waals surface area (Å²) in [5.41, 5.74) is 1.83.